The van der Waals surface area contributed by atoms with Crippen LogP contribution in [0.1, 0.15) is 32.1 Å². The summed E-state index contributed by atoms with van der Waals surface area (Å²) in [6.07, 6.45) is 6.17. The average molecular weight is 344 g/mol. The molecule has 1 aliphatic carbocycles. The van der Waals surface area contributed by atoms with Crippen molar-refractivity contribution < 1.29 is 13.2 Å². The lowest BCUT2D eigenvalue weighted by atomic mass is 10.1. The number of sulfone groups is 1. The number of hydrogen-bond acceptors (Lipinski definition) is 6. The van der Waals surface area contributed by atoms with Crippen LogP contribution in [0.2, 0.25) is 0 Å². The third-order valence-electron chi connectivity index (χ3n) is 4.33. The van der Waals surface area contributed by atoms with Crippen molar-refractivity contribution in [1.29, 1.82) is 0 Å². The lowest BCUT2D eigenvalue weighted by Gasteiger charge is -2.34. The molecule has 22 heavy (non-hydrogen) atoms. The molecule has 1 N–H and O–H groups in total. The molecule has 1 amide bonds. The molecular formula is C13H20N4O3S2. The highest BCUT2D eigenvalue weighted by molar-refractivity contribution is 7.99. The van der Waals surface area contributed by atoms with E-state index >= 15 is 0 Å². The van der Waals surface area contributed by atoms with Gasteiger partial charge in [0.2, 0.25) is 5.91 Å². The number of nitrogens with one attached hydrogen (secondary N) is 1. The monoisotopic (exact) mass is 344 g/mol. The summed E-state index contributed by atoms with van der Waals surface area (Å²) in [6, 6.07) is 0.0389. The van der Waals surface area contributed by atoms with Crippen LogP contribution in [0, 0.1) is 0 Å². The topological polar surface area (TPSA) is 96.0 Å². The Balaban J connectivity index is 1.69. The second-order valence-corrected chi connectivity index (χ2v) is 9.07. The summed E-state index contributed by atoms with van der Waals surface area (Å²) in [7, 11) is -2.99. The molecule has 0 radical (unpaired) electrons. The van der Waals surface area contributed by atoms with Crippen molar-refractivity contribution in [3.05, 3.63) is 6.33 Å². The smallest absolute Gasteiger partial charge is 0.233 e. The molecule has 0 aromatic carbocycles. The minimum Gasteiger partial charge on any atom is -0.335 e. The van der Waals surface area contributed by atoms with E-state index in [9.17, 15) is 13.2 Å². The molecule has 2 fully saturated rings. The Hall–Kier alpha value is -1.09. The summed E-state index contributed by atoms with van der Waals surface area (Å²) >= 11 is 1.31. The Bertz CT molecular complexity index is 611. The van der Waals surface area contributed by atoms with E-state index in [4.69, 9.17) is 0 Å². The Labute approximate surface area is 134 Å². The first-order valence-corrected chi connectivity index (χ1v) is 10.4. The van der Waals surface area contributed by atoms with Gasteiger partial charge in [-0.15, -0.1) is 0 Å². The molecule has 1 aromatic rings. The summed E-state index contributed by atoms with van der Waals surface area (Å²) in [4.78, 5) is 18.5. The summed E-state index contributed by atoms with van der Waals surface area (Å²) in [6.45, 7) is 0. The highest BCUT2D eigenvalue weighted by Crippen LogP contribution is 2.30. The Morgan fingerprint density at radius 1 is 1.32 bits per heavy atom. The van der Waals surface area contributed by atoms with Crippen molar-refractivity contribution in [3.63, 3.8) is 0 Å². The van der Waals surface area contributed by atoms with E-state index < -0.39 is 9.84 Å². The van der Waals surface area contributed by atoms with Gasteiger partial charge in [-0.3, -0.25) is 9.89 Å². The van der Waals surface area contributed by atoms with E-state index in [0.29, 0.717) is 11.6 Å². The first kappa shape index (κ1) is 15.8. The second kappa shape index (κ2) is 6.57. The van der Waals surface area contributed by atoms with Crippen LogP contribution in [0.4, 0.5) is 0 Å². The Kier molecular flexibility index (Phi) is 4.72. The van der Waals surface area contributed by atoms with Gasteiger partial charge in [0.25, 0.3) is 0 Å². The van der Waals surface area contributed by atoms with Gasteiger partial charge in [0.05, 0.1) is 17.3 Å². The van der Waals surface area contributed by atoms with Gasteiger partial charge in [0, 0.05) is 12.1 Å². The van der Waals surface area contributed by atoms with E-state index in [2.05, 4.69) is 15.2 Å². The third kappa shape index (κ3) is 3.62. The second-order valence-electron chi connectivity index (χ2n) is 5.88. The number of nitrogens with zero attached hydrogens (tertiary/aromatic N) is 3. The number of rotatable bonds is 5. The number of aromatic amines is 1. The number of H-pyrrole nitrogens is 1. The highest BCUT2D eigenvalue weighted by atomic mass is 32.2. The molecule has 2 heterocycles. The molecule has 0 bridgehead atoms. The molecule has 0 spiro atoms. The van der Waals surface area contributed by atoms with Gasteiger partial charge in [0.1, 0.15) is 6.33 Å². The van der Waals surface area contributed by atoms with Crippen molar-refractivity contribution in [2.75, 3.05) is 17.3 Å². The van der Waals surface area contributed by atoms with Crippen molar-refractivity contribution >= 4 is 27.5 Å². The number of carbonyl (C=O) groups is 1. The van der Waals surface area contributed by atoms with Crippen molar-refractivity contribution in [2.24, 2.45) is 0 Å². The number of hydrogen-bond donors (Lipinski definition) is 1. The summed E-state index contributed by atoms with van der Waals surface area (Å²) in [5.41, 5.74) is 0. The van der Waals surface area contributed by atoms with Crippen LogP contribution in [-0.4, -0.2) is 63.7 Å². The van der Waals surface area contributed by atoms with Crippen molar-refractivity contribution in [1.82, 2.24) is 20.1 Å². The largest absolute Gasteiger partial charge is 0.335 e. The quantitative estimate of drug-likeness (QED) is 0.796. The number of amides is 1. The molecule has 1 aliphatic heterocycles. The summed E-state index contributed by atoms with van der Waals surface area (Å²) < 4.78 is 23.5. The maximum absolute atomic E-state index is 12.7. The van der Waals surface area contributed by atoms with E-state index in [0.717, 1.165) is 25.7 Å². The SMILES string of the molecule is O=C(CSc1ncn[nH]1)N(C1CCCC1)[C@H]1CCS(=O)(=O)C1. The molecule has 1 saturated carbocycles. The standard InChI is InChI=1S/C13H20N4O3S2/c18-12(7-21-13-14-9-15-16-13)17(10-3-1-2-4-10)11-5-6-22(19,20)8-11/h9-11H,1-8H2,(H,14,15,16)/t11-/m0/s1. The summed E-state index contributed by atoms with van der Waals surface area (Å²) in [5.74, 6) is 0.587. The lowest BCUT2D eigenvalue weighted by Crippen LogP contribution is -2.47. The average Bonchev–Trinajstić information content (AvgIpc) is 3.19. The van der Waals surface area contributed by atoms with Gasteiger partial charge in [-0.1, -0.05) is 24.6 Å². The first-order chi connectivity index (χ1) is 10.6. The van der Waals surface area contributed by atoms with Gasteiger partial charge in [-0.05, 0) is 19.3 Å². The molecule has 3 rings (SSSR count). The Morgan fingerprint density at radius 3 is 2.68 bits per heavy atom. The number of aromatic nitrogens is 3. The molecule has 1 atom stereocenters. The maximum atomic E-state index is 12.7. The molecule has 1 aromatic heterocycles. The van der Waals surface area contributed by atoms with E-state index in [1.165, 1.54) is 18.1 Å². The van der Waals surface area contributed by atoms with Crippen LogP contribution in [0.15, 0.2) is 11.5 Å². The Morgan fingerprint density at radius 2 is 2.09 bits per heavy atom. The zero-order chi connectivity index (χ0) is 15.6. The minimum absolute atomic E-state index is 0.00963. The predicted molar refractivity (Wildman–Crippen MR) is 83.3 cm³/mol. The third-order valence-corrected chi connectivity index (χ3v) is 6.94. The molecule has 0 unspecified atom stereocenters. The summed E-state index contributed by atoms with van der Waals surface area (Å²) in [5, 5.41) is 7.09. The molecule has 7 nitrogen and oxygen atoms in total. The van der Waals surface area contributed by atoms with Crippen molar-refractivity contribution in [2.45, 2.75) is 49.3 Å². The predicted octanol–water partition coefficient (Wildman–Crippen LogP) is 0.855. The highest BCUT2D eigenvalue weighted by Gasteiger charge is 2.38. The molecular weight excluding hydrogens is 324 g/mol. The van der Waals surface area contributed by atoms with E-state index in [1.54, 1.807) is 0 Å². The van der Waals surface area contributed by atoms with Crippen LogP contribution < -0.4 is 0 Å². The fourth-order valence-electron chi connectivity index (χ4n) is 3.35. The van der Waals surface area contributed by atoms with Crippen LogP contribution >= 0.6 is 11.8 Å². The van der Waals surface area contributed by atoms with Crippen LogP contribution in [0.3, 0.4) is 0 Å². The molecule has 1 saturated heterocycles. The normalized spacial score (nSPS) is 24.6. The van der Waals surface area contributed by atoms with Crippen LogP contribution in [0.5, 0.6) is 0 Å². The fraction of sp³-hybridized carbons (Fsp3) is 0.769. The van der Waals surface area contributed by atoms with Gasteiger partial charge in [0.15, 0.2) is 15.0 Å². The van der Waals surface area contributed by atoms with Gasteiger partial charge in [-0.2, -0.15) is 5.10 Å². The van der Waals surface area contributed by atoms with Gasteiger partial charge < -0.3 is 4.90 Å². The van der Waals surface area contributed by atoms with Crippen LogP contribution in [-0.2, 0) is 14.6 Å². The zero-order valence-corrected chi connectivity index (χ0v) is 13.9. The maximum Gasteiger partial charge on any atom is 0.233 e. The lowest BCUT2D eigenvalue weighted by molar-refractivity contribution is -0.132. The zero-order valence-electron chi connectivity index (χ0n) is 12.3. The molecule has 122 valence electrons. The van der Waals surface area contributed by atoms with E-state index in [1.807, 2.05) is 4.90 Å². The van der Waals surface area contributed by atoms with Crippen LogP contribution in [0.25, 0.3) is 0 Å². The fourth-order valence-corrected chi connectivity index (χ4v) is 5.71. The number of thioether (sulfide) groups is 1. The number of carbonyl (C=O) groups excluding carboxylic acids is 1. The molecule has 9 heteroatoms. The van der Waals surface area contributed by atoms with Crippen molar-refractivity contribution in [3.8, 4) is 0 Å². The van der Waals surface area contributed by atoms with Gasteiger partial charge >= 0.3 is 0 Å². The first-order valence-electron chi connectivity index (χ1n) is 7.55. The molecule has 2 aliphatic rings. The minimum atomic E-state index is -2.99. The van der Waals surface area contributed by atoms with E-state index in [-0.39, 0.29) is 35.2 Å². The van der Waals surface area contributed by atoms with Gasteiger partial charge in [-0.25, -0.2) is 13.4 Å².